The fourth-order valence-electron chi connectivity index (χ4n) is 2.08. The van der Waals surface area contributed by atoms with Gasteiger partial charge in [0.2, 0.25) is 0 Å². The van der Waals surface area contributed by atoms with E-state index in [4.69, 9.17) is 0 Å². The standard InChI is InChI=1S/C12H15N3/c1-13-7-10-3-2-6-15-11(10)8-14-12(15)9-4-5-9/h2-3,6,8-9,13H,4-5,7H2,1H3. The van der Waals surface area contributed by atoms with Crippen molar-refractivity contribution >= 4 is 5.52 Å². The summed E-state index contributed by atoms with van der Waals surface area (Å²) >= 11 is 0. The van der Waals surface area contributed by atoms with Crippen LogP contribution in [0.2, 0.25) is 0 Å². The van der Waals surface area contributed by atoms with E-state index in [0.717, 1.165) is 6.54 Å². The number of hydrogen-bond donors (Lipinski definition) is 1. The predicted octanol–water partition coefficient (Wildman–Crippen LogP) is 1.93. The van der Waals surface area contributed by atoms with Crippen molar-refractivity contribution in [1.82, 2.24) is 14.7 Å². The molecular formula is C12H15N3. The predicted molar refractivity (Wildman–Crippen MR) is 59.9 cm³/mol. The summed E-state index contributed by atoms with van der Waals surface area (Å²) in [7, 11) is 1.97. The Balaban J connectivity index is 2.14. The SMILES string of the molecule is CNCc1cccn2c(C3CC3)ncc12. The molecule has 0 aliphatic heterocycles. The maximum Gasteiger partial charge on any atom is 0.116 e. The highest BCUT2D eigenvalue weighted by molar-refractivity contribution is 5.54. The molecule has 3 heteroatoms. The molecule has 0 radical (unpaired) electrons. The molecule has 0 saturated heterocycles. The average molecular weight is 201 g/mol. The van der Waals surface area contributed by atoms with Gasteiger partial charge in [0.15, 0.2) is 0 Å². The van der Waals surface area contributed by atoms with E-state index >= 15 is 0 Å². The minimum absolute atomic E-state index is 0.706. The molecule has 1 N–H and O–H groups in total. The molecule has 15 heavy (non-hydrogen) atoms. The van der Waals surface area contributed by atoms with Crippen LogP contribution in [0, 0.1) is 0 Å². The molecule has 0 aromatic carbocycles. The highest BCUT2D eigenvalue weighted by Gasteiger charge is 2.27. The Morgan fingerprint density at radius 2 is 2.40 bits per heavy atom. The van der Waals surface area contributed by atoms with Gasteiger partial charge in [-0.25, -0.2) is 4.98 Å². The van der Waals surface area contributed by atoms with E-state index in [-0.39, 0.29) is 0 Å². The van der Waals surface area contributed by atoms with Crippen molar-refractivity contribution in [3.8, 4) is 0 Å². The summed E-state index contributed by atoms with van der Waals surface area (Å²) in [6.07, 6.45) is 6.72. The van der Waals surface area contributed by atoms with Gasteiger partial charge in [-0.1, -0.05) is 6.07 Å². The molecule has 0 bridgehead atoms. The van der Waals surface area contributed by atoms with Gasteiger partial charge >= 0.3 is 0 Å². The number of rotatable bonds is 3. The third kappa shape index (κ3) is 1.43. The molecular weight excluding hydrogens is 186 g/mol. The second-order valence-electron chi connectivity index (χ2n) is 4.21. The maximum absolute atomic E-state index is 4.54. The molecule has 0 unspecified atom stereocenters. The van der Waals surface area contributed by atoms with Crippen LogP contribution in [0.15, 0.2) is 24.5 Å². The van der Waals surface area contributed by atoms with Crippen molar-refractivity contribution in [2.75, 3.05) is 7.05 Å². The van der Waals surface area contributed by atoms with Crippen molar-refractivity contribution in [1.29, 1.82) is 0 Å². The van der Waals surface area contributed by atoms with E-state index < -0.39 is 0 Å². The zero-order valence-corrected chi connectivity index (χ0v) is 8.90. The molecule has 1 fully saturated rings. The number of fused-ring (bicyclic) bond motifs is 1. The van der Waals surface area contributed by atoms with E-state index in [9.17, 15) is 0 Å². The summed E-state index contributed by atoms with van der Waals surface area (Å²) in [5.74, 6) is 1.94. The molecule has 2 aromatic rings. The van der Waals surface area contributed by atoms with Crippen LogP contribution in [-0.4, -0.2) is 16.4 Å². The zero-order chi connectivity index (χ0) is 10.3. The zero-order valence-electron chi connectivity index (χ0n) is 8.90. The average Bonchev–Trinajstić information content (AvgIpc) is 3.00. The van der Waals surface area contributed by atoms with Crippen LogP contribution in [0.4, 0.5) is 0 Å². The first-order valence-corrected chi connectivity index (χ1v) is 5.49. The Morgan fingerprint density at radius 1 is 1.53 bits per heavy atom. The Labute approximate surface area is 89.1 Å². The van der Waals surface area contributed by atoms with Crippen LogP contribution < -0.4 is 5.32 Å². The van der Waals surface area contributed by atoms with Crippen LogP contribution in [0.5, 0.6) is 0 Å². The van der Waals surface area contributed by atoms with E-state index in [1.165, 1.54) is 29.7 Å². The number of nitrogens with zero attached hydrogens (tertiary/aromatic N) is 2. The Bertz CT molecular complexity index is 483. The minimum Gasteiger partial charge on any atom is -0.316 e. The molecule has 1 aliphatic carbocycles. The third-order valence-electron chi connectivity index (χ3n) is 3.00. The Hall–Kier alpha value is -1.35. The van der Waals surface area contributed by atoms with Gasteiger partial charge in [0.05, 0.1) is 11.7 Å². The lowest BCUT2D eigenvalue weighted by molar-refractivity contribution is 0.816. The molecule has 0 atom stereocenters. The second-order valence-corrected chi connectivity index (χ2v) is 4.21. The molecule has 0 amide bonds. The van der Waals surface area contributed by atoms with Gasteiger partial charge in [-0.15, -0.1) is 0 Å². The van der Waals surface area contributed by atoms with E-state index in [0.29, 0.717) is 5.92 Å². The second kappa shape index (κ2) is 3.35. The van der Waals surface area contributed by atoms with Gasteiger partial charge < -0.3 is 9.72 Å². The highest BCUT2D eigenvalue weighted by atomic mass is 15.0. The van der Waals surface area contributed by atoms with Crippen molar-refractivity contribution < 1.29 is 0 Å². The molecule has 78 valence electrons. The van der Waals surface area contributed by atoms with Gasteiger partial charge in [0, 0.05) is 18.7 Å². The fourth-order valence-corrected chi connectivity index (χ4v) is 2.08. The van der Waals surface area contributed by atoms with Crippen molar-refractivity contribution in [3.05, 3.63) is 35.9 Å². The van der Waals surface area contributed by atoms with Gasteiger partial charge in [-0.3, -0.25) is 0 Å². The molecule has 1 saturated carbocycles. The smallest absolute Gasteiger partial charge is 0.116 e. The van der Waals surface area contributed by atoms with E-state index in [1.54, 1.807) is 0 Å². The van der Waals surface area contributed by atoms with E-state index in [2.05, 4.69) is 33.0 Å². The van der Waals surface area contributed by atoms with Crippen molar-refractivity contribution in [2.24, 2.45) is 0 Å². The first kappa shape index (κ1) is 8.92. The number of pyridine rings is 1. The maximum atomic E-state index is 4.54. The Morgan fingerprint density at radius 3 is 3.13 bits per heavy atom. The summed E-state index contributed by atoms with van der Waals surface area (Å²) in [6, 6.07) is 4.26. The number of hydrogen-bond acceptors (Lipinski definition) is 2. The van der Waals surface area contributed by atoms with Crippen LogP contribution in [0.3, 0.4) is 0 Å². The van der Waals surface area contributed by atoms with Crippen molar-refractivity contribution in [3.63, 3.8) is 0 Å². The van der Waals surface area contributed by atoms with Crippen LogP contribution in [0.25, 0.3) is 5.52 Å². The monoisotopic (exact) mass is 201 g/mol. The minimum atomic E-state index is 0.706. The molecule has 0 spiro atoms. The lowest BCUT2D eigenvalue weighted by Gasteiger charge is -2.04. The van der Waals surface area contributed by atoms with Gasteiger partial charge in [-0.05, 0) is 31.5 Å². The number of aromatic nitrogens is 2. The summed E-state index contributed by atoms with van der Waals surface area (Å²) in [6.45, 7) is 0.903. The van der Waals surface area contributed by atoms with Gasteiger partial charge in [-0.2, -0.15) is 0 Å². The van der Waals surface area contributed by atoms with E-state index in [1.807, 2.05) is 13.2 Å². The topological polar surface area (TPSA) is 29.3 Å². The van der Waals surface area contributed by atoms with Crippen molar-refractivity contribution in [2.45, 2.75) is 25.3 Å². The lowest BCUT2D eigenvalue weighted by Crippen LogP contribution is -2.06. The normalized spacial score (nSPS) is 16.1. The number of imidazole rings is 1. The largest absolute Gasteiger partial charge is 0.316 e. The summed E-state index contributed by atoms with van der Waals surface area (Å²) in [5.41, 5.74) is 2.56. The highest BCUT2D eigenvalue weighted by Crippen LogP contribution is 2.39. The Kier molecular flexibility index (Phi) is 1.99. The molecule has 2 heterocycles. The molecule has 2 aromatic heterocycles. The fraction of sp³-hybridized carbons (Fsp3) is 0.417. The molecule has 3 nitrogen and oxygen atoms in total. The lowest BCUT2D eigenvalue weighted by atomic mass is 10.2. The van der Waals surface area contributed by atoms with Gasteiger partial charge in [0.25, 0.3) is 0 Å². The molecule has 3 rings (SSSR count). The summed E-state index contributed by atoms with van der Waals surface area (Å²) in [4.78, 5) is 4.54. The first-order valence-electron chi connectivity index (χ1n) is 5.49. The summed E-state index contributed by atoms with van der Waals surface area (Å²) in [5, 5.41) is 3.19. The number of nitrogens with one attached hydrogen (secondary N) is 1. The van der Waals surface area contributed by atoms with Gasteiger partial charge in [0.1, 0.15) is 5.82 Å². The molecule has 1 aliphatic rings. The first-order chi connectivity index (χ1) is 7.40. The van der Waals surface area contributed by atoms with Crippen LogP contribution in [0.1, 0.15) is 30.1 Å². The third-order valence-corrected chi connectivity index (χ3v) is 3.00. The quantitative estimate of drug-likeness (QED) is 0.822. The van der Waals surface area contributed by atoms with Crippen LogP contribution in [-0.2, 0) is 6.54 Å². The summed E-state index contributed by atoms with van der Waals surface area (Å²) < 4.78 is 2.24. The van der Waals surface area contributed by atoms with Crippen LogP contribution >= 0.6 is 0 Å².